The lowest BCUT2D eigenvalue weighted by molar-refractivity contribution is 0.267. The van der Waals surface area contributed by atoms with Crippen LogP contribution in [0.4, 0.5) is 0 Å². The maximum atomic E-state index is 6.15. The van der Waals surface area contributed by atoms with Gasteiger partial charge in [0.15, 0.2) is 0 Å². The SMILES string of the molecule is c1ccc(COc2ccc(-n3ccc4cccnc43)c(OCc3ccccc3)n2)cc1. The lowest BCUT2D eigenvalue weighted by atomic mass is 10.2. The Bertz CT molecular complexity index is 1280. The van der Waals surface area contributed by atoms with Crippen molar-refractivity contribution in [1.29, 1.82) is 0 Å². The van der Waals surface area contributed by atoms with Gasteiger partial charge in [0.05, 0.1) is 0 Å². The third-order valence-electron chi connectivity index (χ3n) is 4.97. The van der Waals surface area contributed by atoms with E-state index in [1.165, 1.54) is 0 Å². The van der Waals surface area contributed by atoms with Gasteiger partial charge >= 0.3 is 0 Å². The van der Waals surface area contributed by atoms with Gasteiger partial charge in [-0.25, -0.2) is 4.98 Å². The third-order valence-corrected chi connectivity index (χ3v) is 4.97. The Balaban J connectivity index is 1.47. The average molecular weight is 407 g/mol. The van der Waals surface area contributed by atoms with Crippen LogP contribution in [-0.2, 0) is 13.2 Å². The van der Waals surface area contributed by atoms with Gasteiger partial charge in [-0.3, -0.25) is 4.57 Å². The number of benzene rings is 2. The molecule has 2 aromatic carbocycles. The largest absolute Gasteiger partial charge is 0.473 e. The molecule has 3 aromatic heterocycles. The van der Waals surface area contributed by atoms with Crippen molar-refractivity contribution in [3.05, 3.63) is 115 Å². The first-order valence-corrected chi connectivity index (χ1v) is 10.1. The minimum atomic E-state index is 0.412. The fourth-order valence-electron chi connectivity index (χ4n) is 3.40. The molecule has 152 valence electrons. The second-order valence-corrected chi connectivity index (χ2v) is 7.12. The first-order valence-electron chi connectivity index (χ1n) is 10.1. The highest BCUT2D eigenvalue weighted by Gasteiger charge is 2.13. The molecule has 0 bridgehead atoms. The molecular weight excluding hydrogens is 386 g/mol. The van der Waals surface area contributed by atoms with Gasteiger partial charge in [0, 0.05) is 23.8 Å². The number of pyridine rings is 2. The molecule has 0 unspecified atom stereocenters. The van der Waals surface area contributed by atoms with Crippen molar-refractivity contribution in [3.8, 4) is 17.4 Å². The van der Waals surface area contributed by atoms with Gasteiger partial charge in [-0.05, 0) is 35.4 Å². The van der Waals surface area contributed by atoms with E-state index in [-0.39, 0.29) is 0 Å². The zero-order chi connectivity index (χ0) is 20.9. The first kappa shape index (κ1) is 18.9. The summed E-state index contributed by atoms with van der Waals surface area (Å²) in [7, 11) is 0. The van der Waals surface area contributed by atoms with E-state index in [9.17, 15) is 0 Å². The molecular formula is C26H21N3O2. The van der Waals surface area contributed by atoms with Gasteiger partial charge in [-0.1, -0.05) is 60.7 Å². The molecule has 5 aromatic rings. The molecule has 0 aliphatic heterocycles. The summed E-state index contributed by atoms with van der Waals surface area (Å²) in [5.41, 5.74) is 3.82. The Kier molecular flexibility index (Phi) is 5.31. The maximum absolute atomic E-state index is 6.15. The van der Waals surface area contributed by atoms with E-state index in [4.69, 9.17) is 9.47 Å². The lowest BCUT2D eigenvalue weighted by Gasteiger charge is -2.14. The van der Waals surface area contributed by atoms with Gasteiger partial charge in [-0.2, -0.15) is 4.98 Å². The molecule has 0 radical (unpaired) electrons. The maximum Gasteiger partial charge on any atom is 0.242 e. The van der Waals surface area contributed by atoms with E-state index < -0.39 is 0 Å². The van der Waals surface area contributed by atoms with Crippen LogP contribution in [-0.4, -0.2) is 14.5 Å². The van der Waals surface area contributed by atoms with E-state index in [1.807, 2.05) is 102 Å². The summed E-state index contributed by atoms with van der Waals surface area (Å²) >= 11 is 0. The van der Waals surface area contributed by atoms with E-state index in [0.29, 0.717) is 25.0 Å². The van der Waals surface area contributed by atoms with E-state index in [2.05, 4.69) is 9.97 Å². The zero-order valence-electron chi connectivity index (χ0n) is 16.9. The van der Waals surface area contributed by atoms with Crippen LogP contribution in [0.3, 0.4) is 0 Å². The van der Waals surface area contributed by atoms with Gasteiger partial charge in [-0.15, -0.1) is 0 Å². The fraction of sp³-hybridized carbons (Fsp3) is 0.0769. The number of hydrogen-bond acceptors (Lipinski definition) is 4. The molecule has 3 heterocycles. The predicted octanol–water partition coefficient (Wildman–Crippen LogP) is 5.58. The summed E-state index contributed by atoms with van der Waals surface area (Å²) in [6.45, 7) is 0.856. The molecule has 31 heavy (non-hydrogen) atoms. The van der Waals surface area contributed by atoms with E-state index >= 15 is 0 Å². The molecule has 5 rings (SSSR count). The molecule has 5 heteroatoms. The quantitative estimate of drug-likeness (QED) is 0.353. The molecule has 0 N–H and O–H groups in total. The second kappa shape index (κ2) is 8.71. The smallest absolute Gasteiger partial charge is 0.242 e. The number of fused-ring (bicyclic) bond motifs is 1. The Hall–Kier alpha value is -4.12. The molecule has 0 fully saturated rings. The number of ether oxygens (including phenoxy) is 2. The van der Waals surface area contributed by atoms with Crippen molar-refractivity contribution in [2.24, 2.45) is 0 Å². The van der Waals surface area contributed by atoms with Crippen LogP contribution < -0.4 is 9.47 Å². The molecule has 0 saturated carbocycles. The van der Waals surface area contributed by atoms with Crippen LogP contribution in [0.1, 0.15) is 11.1 Å². The second-order valence-electron chi connectivity index (χ2n) is 7.12. The normalized spacial score (nSPS) is 10.8. The average Bonchev–Trinajstić information content (AvgIpc) is 3.27. The monoisotopic (exact) mass is 407 g/mol. The van der Waals surface area contributed by atoms with Crippen molar-refractivity contribution < 1.29 is 9.47 Å². The molecule has 0 spiro atoms. The van der Waals surface area contributed by atoms with Crippen LogP contribution >= 0.6 is 0 Å². The highest BCUT2D eigenvalue weighted by molar-refractivity contribution is 5.78. The van der Waals surface area contributed by atoms with Crippen LogP contribution in [0.25, 0.3) is 16.7 Å². The van der Waals surface area contributed by atoms with Gasteiger partial charge in [0.1, 0.15) is 24.5 Å². The summed E-state index contributed by atoms with van der Waals surface area (Å²) in [6, 6.07) is 29.9. The van der Waals surface area contributed by atoms with Crippen molar-refractivity contribution in [2.45, 2.75) is 13.2 Å². The third kappa shape index (κ3) is 4.26. The number of aromatic nitrogens is 3. The van der Waals surface area contributed by atoms with Gasteiger partial charge in [0.25, 0.3) is 0 Å². The Labute approximate surface area is 180 Å². The molecule has 0 aliphatic carbocycles. The van der Waals surface area contributed by atoms with E-state index in [1.54, 1.807) is 6.20 Å². The Morgan fingerprint density at radius 2 is 1.39 bits per heavy atom. The van der Waals surface area contributed by atoms with Crippen molar-refractivity contribution in [2.75, 3.05) is 0 Å². The summed E-state index contributed by atoms with van der Waals surface area (Å²) in [4.78, 5) is 9.20. The minimum absolute atomic E-state index is 0.412. The van der Waals surface area contributed by atoms with Gasteiger partial charge in [0.2, 0.25) is 11.8 Å². The van der Waals surface area contributed by atoms with Crippen molar-refractivity contribution in [3.63, 3.8) is 0 Å². The Morgan fingerprint density at radius 1 is 0.677 bits per heavy atom. The summed E-state index contributed by atoms with van der Waals surface area (Å²) in [5.74, 6) is 1.01. The van der Waals surface area contributed by atoms with E-state index in [0.717, 1.165) is 27.8 Å². The summed E-state index contributed by atoms with van der Waals surface area (Å²) < 4.78 is 14.1. The minimum Gasteiger partial charge on any atom is -0.473 e. The summed E-state index contributed by atoms with van der Waals surface area (Å²) in [5, 5.41) is 1.06. The molecule has 5 nitrogen and oxygen atoms in total. The lowest BCUT2D eigenvalue weighted by Crippen LogP contribution is -2.05. The fourth-order valence-corrected chi connectivity index (χ4v) is 3.40. The van der Waals surface area contributed by atoms with Crippen LogP contribution in [0.15, 0.2) is 103 Å². The van der Waals surface area contributed by atoms with Crippen molar-refractivity contribution in [1.82, 2.24) is 14.5 Å². The van der Waals surface area contributed by atoms with Crippen LogP contribution in [0, 0.1) is 0 Å². The first-order chi connectivity index (χ1) is 15.4. The molecule has 0 aliphatic rings. The van der Waals surface area contributed by atoms with Crippen molar-refractivity contribution >= 4 is 11.0 Å². The highest BCUT2D eigenvalue weighted by atomic mass is 16.5. The standard InChI is InChI=1S/C26H21N3O2/c1-3-8-20(9-4-1)18-30-24-14-13-23(29-17-15-22-12-7-16-27-25(22)29)26(28-24)31-19-21-10-5-2-6-11-21/h1-17H,18-19H2. The molecule has 0 atom stereocenters. The van der Waals surface area contributed by atoms with Crippen LogP contribution in [0.5, 0.6) is 11.8 Å². The number of hydrogen-bond donors (Lipinski definition) is 0. The topological polar surface area (TPSA) is 49.2 Å². The molecule has 0 saturated heterocycles. The predicted molar refractivity (Wildman–Crippen MR) is 120 cm³/mol. The van der Waals surface area contributed by atoms with Gasteiger partial charge < -0.3 is 9.47 Å². The zero-order valence-corrected chi connectivity index (χ0v) is 16.9. The Morgan fingerprint density at radius 3 is 2.13 bits per heavy atom. The number of nitrogens with zero attached hydrogens (tertiary/aromatic N) is 3. The van der Waals surface area contributed by atoms with Crippen LogP contribution in [0.2, 0.25) is 0 Å². The molecule has 0 amide bonds. The summed E-state index contributed by atoms with van der Waals surface area (Å²) in [6.07, 6.45) is 3.77. The number of rotatable bonds is 7. The highest BCUT2D eigenvalue weighted by Crippen LogP contribution is 2.28.